The molecule has 2 aromatic carbocycles. The summed E-state index contributed by atoms with van der Waals surface area (Å²) in [5.41, 5.74) is 2.84. The van der Waals surface area contributed by atoms with Gasteiger partial charge in [0.05, 0.1) is 12.6 Å². The van der Waals surface area contributed by atoms with Crippen LogP contribution in [0.1, 0.15) is 34.5 Å². The average Bonchev–Trinajstić information content (AvgIpc) is 2.73. The van der Waals surface area contributed by atoms with Gasteiger partial charge in [0, 0.05) is 39.9 Å². The lowest BCUT2D eigenvalue weighted by Crippen LogP contribution is -2.39. The van der Waals surface area contributed by atoms with Crippen LogP contribution >= 0.6 is 24.0 Å². The number of rotatable bonds is 8. The molecule has 0 spiro atoms. The van der Waals surface area contributed by atoms with Crippen LogP contribution in [0.15, 0.2) is 59.6 Å². The van der Waals surface area contributed by atoms with E-state index in [1.54, 1.807) is 26.1 Å². The minimum atomic E-state index is -0.0543. The van der Waals surface area contributed by atoms with Crippen molar-refractivity contribution >= 4 is 35.8 Å². The van der Waals surface area contributed by atoms with E-state index in [1.165, 1.54) is 0 Å². The van der Waals surface area contributed by atoms with Crippen LogP contribution < -0.4 is 10.6 Å². The van der Waals surface area contributed by atoms with E-state index >= 15 is 0 Å². The molecule has 29 heavy (non-hydrogen) atoms. The zero-order chi connectivity index (χ0) is 20.4. The smallest absolute Gasteiger partial charge is 0.253 e. The fraction of sp³-hybridized carbons (Fsp3) is 0.364. The molecule has 0 aromatic heterocycles. The van der Waals surface area contributed by atoms with Crippen molar-refractivity contribution < 1.29 is 9.53 Å². The van der Waals surface area contributed by atoms with Gasteiger partial charge in [-0.2, -0.15) is 0 Å². The molecule has 0 fully saturated rings. The first-order chi connectivity index (χ1) is 13.5. The van der Waals surface area contributed by atoms with E-state index in [-0.39, 0.29) is 36.0 Å². The Labute approximate surface area is 190 Å². The molecule has 2 N–H and O–H groups in total. The number of guanidine groups is 1. The summed E-state index contributed by atoms with van der Waals surface area (Å²) in [6.07, 6.45) is -0.0543. The van der Waals surface area contributed by atoms with E-state index in [1.807, 2.05) is 49.4 Å². The maximum Gasteiger partial charge on any atom is 0.253 e. The number of nitrogens with zero attached hydrogens (tertiary/aromatic N) is 2. The first-order valence-corrected chi connectivity index (χ1v) is 9.45. The molecule has 0 bridgehead atoms. The second kappa shape index (κ2) is 13.2. The first kappa shape index (κ1) is 24.9. The summed E-state index contributed by atoms with van der Waals surface area (Å²) < 4.78 is 5.60. The summed E-state index contributed by atoms with van der Waals surface area (Å²) in [5, 5.41) is 6.59. The fourth-order valence-electron chi connectivity index (χ4n) is 2.72. The summed E-state index contributed by atoms with van der Waals surface area (Å²) >= 11 is 0. The normalized spacial score (nSPS) is 11.9. The van der Waals surface area contributed by atoms with Gasteiger partial charge in [-0.1, -0.05) is 42.5 Å². The van der Waals surface area contributed by atoms with Crippen LogP contribution in [0.3, 0.4) is 0 Å². The van der Waals surface area contributed by atoms with E-state index in [0.717, 1.165) is 23.6 Å². The fourth-order valence-corrected chi connectivity index (χ4v) is 2.72. The van der Waals surface area contributed by atoms with E-state index in [4.69, 9.17) is 4.74 Å². The Hall–Kier alpha value is -2.13. The Bertz CT molecular complexity index is 764. The number of aliphatic imine (C=N–C) groups is 1. The summed E-state index contributed by atoms with van der Waals surface area (Å²) in [7, 11) is 5.20. The van der Waals surface area contributed by atoms with E-state index in [2.05, 4.69) is 27.8 Å². The average molecular weight is 510 g/mol. The summed E-state index contributed by atoms with van der Waals surface area (Å²) in [6.45, 7) is 3.94. The predicted molar refractivity (Wildman–Crippen MR) is 129 cm³/mol. The molecule has 1 unspecified atom stereocenters. The first-order valence-electron chi connectivity index (χ1n) is 9.45. The van der Waals surface area contributed by atoms with Gasteiger partial charge in [-0.3, -0.25) is 4.79 Å². The highest BCUT2D eigenvalue weighted by atomic mass is 127. The number of methoxy groups -OCH3 is 1. The van der Waals surface area contributed by atoms with Crippen molar-refractivity contribution in [3.05, 3.63) is 71.3 Å². The van der Waals surface area contributed by atoms with E-state index < -0.39 is 0 Å². The Balaban J connectivity index is 0.00000420. The lowest BCUT2D eigenvalue weighted by molar-refractivity contribution is 0.0827. The van der Waals surface area contributed by atoms with Crippen LogP contribution in [0, 0.1) is 0 Å². The van der Waals surface area contributed by atoms with Crippen LogP contribution in [0.25, 0.3) is 0 Å². The van der Waals surface area contributed by atoms with Gasteiger partial charge in [-0.25, -0.2) is 4.99 Å². The molecule has 7 heteroatoms. The molecule has 2 aromatic rings. The van der Waals surface area contributed by atoms with Crippen molar-refractivity contribution in [1.82, 2.24) is 15.5 Å². The van der Waals surface area contributed by atoms with Gasteiger partial charge >= 0.3 is 0 Å². The van der Waals surface area contributed by atoms with Crippen molar-refractivity contribution in [2.45, 2.75) is 19.6 Å². The van der Waals surface area contributed by atoms with Crippen molar-refractivity contribution in [2.75, 3.05) is 34.3 Å². The molecule has 1 atom stereocenters. The van der Waals surface area contributed by atoms with Crippen molar-refractivity contribution in [3.63, 3.8) is 0 Å². The summed E-state index contributed by atoms with van der Waals surface area (Å²) in [4.78, 5) is 18.2. The monoisotopic (exact) mass is 510 g/mol. The third kappa shape index (κ3) is 8.02. The largest absolute Gasteiger partial charge is 0.375 e. The molecule has 6 nitrogen and oxygen atoms in total. The maximum atomic E-state index is 12.0. The van der Waals surface area contributed by atoms with Crippen LogP contribution in [0.4, 0.5) is 0 Å². The molecule has 0 aliphatic heterocycles. The number of halogens is 1. The number of hydrogen-bond acceptors (Lipinski definition) is 3. The van der Waals surface area contributed by atoms with Crippen LogP contribution in [-0.2, 0) is 11.3 Å². The number of amides is 1. The molecule has 1 amide bonds. The van der Waals surface area contributed by atoms with Gasteiger partial charge in [-0.05, 0) is 30.2 Å². The summed E-state index contributed by atoms with van der Waals surface area (Å²) in [6, 6.07) is 17.7. The second-order valence-electron chi connectivity index (χ2n) is 6.61. The SMILES string of the molecule is CCNC(=NCc1ccc(C(=O)N(C)C)cc1)NCC(OC)c1ccccc1.I. The van der Waals surface area contributed by atoms with Crippen LogP contribution in [0.5, 0.6) is 0 Å². The summed E-state index contributed by atoms with van der Waals surface area (Å²) in [5.74, 6) is 0.727. The minimum absolute atomic E-state index is 0. The highest BCUT2D eigenvalue weighted by Gasteiger charge is 2.11. The lowest BCUT2D eigenvalue weighted by Gasteiger charge is -2.18. The van der Waals surface area contributed by atoms with Crippen LogP contribution in [-0.4, -0.2) is 51.1 Å². The van der Waals surface area contributed by atoms with Crippen molar-refractivity contribution in [1.29, 1.82) is 0 Å². The second-order valence-corrected chi connectivity index (χ2v) is 6.61. The lowest BCUT2D eigenvalue weighted by atomic mass is 10.1. The molecular formula is C22H31IN4O2. The number of hydrogen-bond donors (Lipinski definition) is 2. The number of carbonyl (C=O) groups excluding carboxylic acids is 1. The molecule has 2 rings (SSSR count). The van der Waals surface area contributed by atoms with Crippen molar-refractivity contribution in [2.24, 2.45) is 4.99 Å². The Morgan fingerprint density at radius 2 is 1.72 bits per heavy atom. The Morgan fingerprint density at radius 1 is 1.07 bits per heavy atom. The van der Waals surface area contributed by atoms with Crippen LogP contribution in [0.2, 0.25) is 0 Å². The zero-order valence-electron chi connectivity index (χ0n) is 17.5. The molecule has 0 radical (unpaired) electrons. The van der Waals surface area contributed by atoms with Crippen molar-refractivity contribution in [3.8, 4) is 0 Å². The Kier molecular flexibility index (Phi) is 11.3. The topological polar surface area (TPSA) is 66.0 Å². The third-order valence-electron chi connectivity index (χ3n) is 4.28. The van der Waals surface area contributed by atoms with Gasteiger partial charge in [0.2, 0.25) is 0 Å². The standard InChI is InChI=1S/C22H30N4O2.HI/c1-5-23-22(25-16-20(28-4)18-9-7-6-8-10-18)24-15-17-11-13-19(14-12-17)21(27)26(2)3;/h6-14,20H,5,15-16H2,1-4H3,(H2,23,24,25);1H. The minimum Gasteiger partial charge on any atom is -0.375 e. The predicted octanol–water partition coefficient (Wildman–Crippen LogP) is 3.45. The van der Waals surface area contributed by atoms with Gasteiger partial charge in [0.25, 0.3) is 5.91 Å². The number of ether oxygens (including phenoxy) is 1. The molecule has 0 aliphatic carbocycles. The molecule has 0 saturated carbocycles. The molecule has 158 valence electrons. The molecular weight excluding hydrogens is 479 g/mol. The number of benzene rings is 2. The van der Waals surface area contributed by atoms with Gasteiger partial charge in [0.1, 0.15) is 0 Å². The number of carbonyl (C=O) groups is 1. The highest BCUT2D eigenvalue weighted by molar-refractivity contribution is 14.0. The van der Waals surface area contributed by atoms with Gasteiger partial charge < -0.3 is 20.3 Å². The third-order valence-corrected chi connectivity index (χ3v) is 4.28. The zero-order valence-corrected chi connectivity index (χ0v) is 19.8. The van der Waals surface area contributed by atoms with E-state index in [9.17, 15) is 4.79 Å². The molecule has 0 saturated heterocycles. The maximum absolute atomic E-state index is 12.0. The quantitative estimate of drug-likeness (QED) is 0.325. The number of nitrogens with one attached hydrogen (secondary N) is 2. The van der Waals surface area contributed by atoms with Gasteiger partial charge in [-0.15, -0.1) is 24.0 Å². The highest BCUT2D eigenvalue weighted by Crippen LogP contribution is 2.14. The van der Waals surface area contributed by atoms with Gasteiger partial charge in [0.15, 0.2) is 5.96 Å². The molecule has 0 aliphatic rings. The molecule has 0 heterocycles. The Morgan fingerprint density at radius 3 is 2.28 bits per heavy atom. The van der Waals surface area contributed by atoms with E-state index in [0.29, 0.717) is 18.7 Å².